The summed E-state index contributed by atoms with van der Waals surface area (Å²) in [6, 6.07) is 7.61. The molecule has 1 aromatic carbocycles. The molecule has 0 amide bonds. The van der Waals surface area contributed by atoms with E-state index in [0.29, 0.717) is 0 Å². The average Bonchev–Trinajstić information content (AvgIpc) is 2.71. The van der Waals surface area contributed by atoms with E-state index in [1.807, 2.05) is 35.9 Å². The van der Waals surface area contributed by atoms with Gasteiger partial charge >= 0.3 is 0 Å². The summed E-state index contributed by atoms with van der Waals surface area (Å²) in [7, 11) is -2.33. The molecule has 2 rings (SSSR count). The molecule has 0 aromatic heterocycles. The quantitative estimate of drug-likeness (QED) is 0.819. The van der Waals surface area contributed by atoms with Gasteiger partial charge in [0.15, 0.2) is 0 Å². The first-order valence-electron chi connectivity index (χ1n) is 4.51. The number of thioether (sulfide) groups is 1. The number of thiol groups is 1. The molecule has 15 heavy (non-hydrogen) atoms. The lowest BCUT2D eigenvalue weighted by atomic mass is 10.2. The van der Waals surface area contributed by atoms with Crippen molar-refractivity contribution < 1.29 is 8.42 Å². The van der Waals surface area contributed by atoms with E-state index in [0.717, 1.165) is 17.1 Å². The van der Waals surface area contributed by atoms with Crippen LogP contribution in [0.1, 0.15) is 5.56 Å². The van der Waals surface area contributed by atoms with Crippen LogP contribution >= 0.6 is 11.8 Å². The highest BCUT2D eigenvalue weighted by atomic mass is 32.2. The summed E-state index contributed by atoms with van der Waals surface area (Å²) in [5.74, 6) is 1.05. The second kappa shape index (κ2) is 4.72. The van der Waals surface area contributed by atoms with Crippen LogP contribution in [0.3, 0.4) is 0 Å². The number of nitrogens with zero attached hydrogens (tertiary/aromatic N) is 1. The minimum Gasteiger partial charge on any atom is -0.337 e. The maximum atomic E-state index is 10.5. The van der Waals surface area contributed by atoms with Gasteiger partial charge in [-0.3, -0.25) is 0 Å². The Kier molecular flexibility index (Phi) is 3.33. The summed E-state index contributed by atoms with van der Waals surface area (Å²) in [5, 5.41) is 2.04. The number of hydrogen-bond acceptors (Lipinski definition) is 4. The summed E-state index contributed by atoms with van der Waals surface area (Å²) < 4.78 is 21.0. The van der Waals surface area contributed by atoms with Crippen molar-refractivity contribution in [3.63, 3.8) is 0 Å². The average molecular weight is 241 g/mol. The van der Waals surface area contributed by atoms with Gasteiger partial charge in [-0.2, -0.15) is 0 Å². The third-order valence-electron chi connectivity index (χ3n) is 2.13. The highest BCUT2D eigenvalue weighted by Crippen LogP contribution is 2.23. The molecule has 0 aliphatic carbocycles. The highest BCUT2D eigenvalue weighted by Gasteiger charge is 2.06. The van der Waals surface area contributed by atoms with Crippen molar-refractivity contribution >= 4 is 28.2 Å². The lowest BCUT2D eigenvalue weighted by Gasteiger charge is -2.14. The van der Waals surface area contributed by atoms with Crippen LogP contribution < -0.4 is 4.90 Å². The van der Waals surface area contributed by atoms with Gasteiger partial charge in [0.05, 0.1) is 11.6 Å². The van der Waals surface area contributed by atoms with Crippen molar-refractivity contribution in [2.24, 2.45) is 0 Å². The largest absolute Gasteiger partial charge is 0.337 e. The fraction of sp³-hybridized carbons (Fsp3) is 0.200. The van der Waals surface area contributed by atoms with Crippen molar-refractivity contribution in [3.05, 3.63) is 41.4 Å². The molecule has 1 aromatic rings. The Hall–Kier alpha value is -0.940. The van der Waals surface area contributed by atoms with Crippen molar-refractivity contribution in [1.82, 2.24) is 0 Å². The lowest BCUT2D eigenvalue weighted by Crippen LogP contribution is -2.10. The molecular formula is C10H11NO2S2. The topological polar surface area (TPSA) is 37.4 Å². The molecular weight excluding hydrogens is 230 g/mol. The lowest BCUT2D eigenvalue weighted by molar-refractivity contribution is 0.614. The van der Waals surface area contributed by atoms with Gasteiger partial charge in [-0.1, -0.05) is 12.1 Å². The summed E-state index contributed by atoms with van der Waals surface area (Å²) in [6.07, 6.45) is 2.02. The second-order valence-corrected chi connectivity index (χ2v) is 5.05. The summed E-state index contributed by atoms with van der Waals surface area (Å²) in [5.41, 5.74) is 1.94. The highest BCUT2D eigenvalue weighted by molar-refractivity contribution is 8.02. The standard InChI is InChI=1S/C10H11NO2S2/c12-15(13)7-9-1-3-10(4-2-9)11-5-6-14-8-11/h1-6,15H,7-8H2. The number of hydrogen-bond donors (Lipinski definition) is 1. The maximum absolute atomic E-state index is 10.5. The molecule has 0 saturated heterocycles. The fourth-order valence-corrected chi connectivity index (χ4v) is 2.61. The smallest absolute Gasteiger partial charge is 0.144 e. The van der Waals surface area contributed by atoms with Crippen LogP contribution in [-0.2, 0) is 16.5 Å². The van der Waals surface area contributed by atoms with E-state index in [1.165, 1.54) is 0 Å². The van der Waals surface area contributed by atoms with E-state index in [1.54, 1.807) is 11.8 Å². The molecule has 1 aliphatic rings. The second-order valence-electron chi connectivity index (χ2n) is 3.21. The molecule has 0 fully saturated rings. The number of anilines is 1. The minimum absolute atomic E-state index is 0.125. The first-order chi connectivity index (χ1) is 7.25. The van der Waals surface area contributed by atoms with Crippen LogP contribution in [0.4, 0.5) is 5.69 Å². The van der Waals surface area contributed by atoms with E-state index in [-0.39, 0.29) is 5.75 Å². The van der Waals surface area contributed by atoms with Crippen molar-refractivity contribution in [1.29, 1.82) is 0 Å². The molecule has 0 spiro atoms. The molecule has 1 aliphatic heterocycles. The Morgan fingerprint density at radius 3 is 2.53 bits per heavy atom. The van der Waals surface area contributed by atoms with E-state index in [9.17, 15) is 8.42 Å². The third kappa shape index (κ3) is 2.76. The Bertz CT molecular complexity index is 429. The number of benzene rings is 1. The van der Waals surface area contributed by atoms with Gasteiger partial charge in [-0.05, 0) is 23.1 Å². The molecule has 5 heteroatoms. The molecule has 80 valence electrons. The van der Waals surface area contributed by atoms with Crippen LogP contribution in [0.5, 0.6) is 0 Å². The predicted octanol–water partition coefficient (Wildman–Crippen LogP) is 1.78. The van der Waals surface area contributed by atoms with E-state index >= 15 is 0 Å². The van der Waals surface area contributed by atoms with Gasteiger partial charge in [0.2, 0.25) is 0 Å². The third-order valence-corrected chi connectivity index (χ3v) is 3.50. The van der Waals surface area contributed by atoms with Crippen molar-refractivity contribution in [2.45, 2.75) is 5.75 Å². The van der Waals surface area contributed by atoms with Gasteiger partial charge in [0.25, 0.3) is 0 Å². The van der Waals surface area contributed by atoms with E-state index < -0.39 is 10.7 Å². The first-order valence-corrected chi connectivity index (χ1v) is 6.92. The van der Waals surface area contributed by atoms with Crippen LogP contribution in [0.2, 0.25) is 0 Å². The van der Waals surface area contributed by atoms with Gasteiger partial charge in [0, 0.05) is 11.9 Å². The fourth-order valence-electron chi connectivity index (χ4n) is 1.39. The van der Waals surface area contributed by atoms with Gasteiger partial charge in [-0.15, -0.1) is 11.8 Å². The van der Waals surface area contributed by atoms with Crippen LogP contribution in [0.15, 0.2) is 35.9 Å². The molecule has 1 heterocycles. The normalized spacial score (nSPS) is 15.1. The van der Waals surface area contributed by atoms with Gasteiger partial charge in [0.1, 0.15) is 10.7 Å². The summed E-state index contributed by atoms with van der Waals surface area (Å²) >= 11 is 1.74. The summed E-state index contributed by atoms with van der Waals surface area (Å²) in [6.45, 7) is 0. The molecule has 0 atom stereocenters. The number of rotatable bonds is 3. The summed E-state index contributed by atoms with van der Waals surface area (Å²) in [4.78, 5) is 2.12. The zero-order chi connectivity index (χ0) is 10.7. The van der Waals surface area contributed by atoms with Gasteiger partial charge < -0.3 is 4.90 Å². The maximum Gasteiger partial charge on any atom is 0.144 e. The minimum atomic E-state index is -2.33. The van der Waals surface area contributed by atoms with Crippen molar-refractivity contribution in [3.8, 4) is 0 Å². The molecule has 0 radical (unpaired) electrons. The predicted molar refractivity (Wildman–Crippen MR) is 64.5 cm³/mol. The molecule has 0 unspecified atom stereocenters. The SMILES string of the molecule is O=[SH](=O)Cc1ccc(N2C=CSC2)cc1. The van der Waals surface area contributed by atoms with Crippen LogP contribution in [0, 0.1) is 0 Å². The molecule has 3 nitrogen and oxygen atoms in total. The molecule has 0 bridgehead atoms. The van der Waals surface area contributed by atoms with E-state index in [2.05, 4.69) is 4.90 Å². The Morgan fingerprint density at radius 1 is 1.27 bits per heavy atom. The van der Waals surface area contributed by atoms with Crippen molar-refractivity contribution in [2.75, 3.05) is 10.8 Å². The first kappa shape index (κ1) is 10.6. The Balaban J connectivity index is 2.12. The molecule has 0 saturated carbocycles. The Morgan fingerprint density at radius 2 is 2.00 bits per heavy atom. The van der Waals surface area contributed by atoms with Crippen LogP contribution in [0.25, 0.3) is 0 Å². The van der Waals surface area contributed by atoms with Crippen LogP contribution in [-0.4, -0.2) is 14.3 Å². The molecule has 0 N–H and O–H groups in total. The van der Waals surface area contributed by atoms with E-state index in [4.69, 9.17) is 0 Å². The van der Waals surface area contributed by atoms with Gasteiger partial charge in [-0.25, -0.2) is 8.42 Å². The zero-order valence-corrected chi connectivity index (χ0v) is 9.71. The monoisotopic (exact) mass is 241 g/mol. The Labute approximate surface area is 94.7 Å². The zero-order valence-electron chi connectivity index (χ0n) is 8.00.